The van der Waals surface area contributed by atoms with E-state index >= 15 is 0 Å². The van der Waals surface area contributed by atoms with Gasteiger partial charge in [0.15, 0.2) is 0 Å². The van der Waals surface area contributed by atoms with Crippen LogP contribution in [-0.2, 0) is 9.47 Å². The predicted molar refractivity (Wildman–Crippen MR) is 56.4 cm³/mol. The smallest absolute Gasteiger partial charge is 0.0667 e. The van der Waals surface area contributed by atoms with Gasteiger partial charge < -0.3 is 9.47 Å². The summed E-state index contributed by atoms with van der Waals surface area (Å²) in [4.78, 5) is 0. The number of methoxy groups -OCH3 is 1. The first-order chi connectivity index (χ1) is 7.38. The molecule has 1 saturated carbocycles. The molecule has 2 aliphatic heterocycles. The quantitative estimate of drug-likeness (QED) is 0.642. The first-order valence-corrected chi connectivity index (χ1v) is 6.21. The van der Waals surface area contributed by atoms with Gasteiger partial charge in [0.05, 0.1) is 18.8 Å². The van der Waals surface area contributed by atoms with Crippen molar-refractivity contribution in [2.45, 2.75) is 25.0 Å². The molecule has 2 heteroatoms. The van der Waals surface area contributed by atoms with E-state index in [0.29, 0.717) is 18.1 Å². The van der Waals surface area contributed by atoms with E-state index in [9.17, 15) is 0 Å². The Balaban J connectivity index is 1.63. The van der Waals surface area contributed by atoms with Crippen molar-refractivity contribution in [1.29, 1.82) is 0 Å². The number of fused-ring (bicyclic) bond motifs is 9. The minimum Gasteiger partial charge on any atom is -0.384 e. The van der Waals surface area contributed by atoms with Gasteiger partial charge in [-0.25, -0.2) is 0 Å². The van der Waals surface area contributed by atoms with Crippen LogP contribution in [0.1, 0.15) is 12.8 Å². The Bertz CT molecular complexity index is 312. The van der Waals surface area contributed by atoms with Gasteiger partial charge in [0.25, 0.3) is 0 Å². The van der Waals surface area contributed by atoms with Gasteiger partial charge in [-0.1, -0.05) is 12.2 Å². The van der Waals surface area contributed by atoms with Gasteiger partial charge >= 0.3 is 0 Å². The summed E-state index contributed by atoms with van der Waals surface area (Å²) < 4.78 is 11.5. The van der Waals surface area contributed by atoms with E-state index < -0.39 is 0 Å². The van der Waals surface area contributed by atoms with E-state index in [0.717, 1.165) is 30.3 Å². The molecule has 82 valence electrons. The van der Waals surface area contributed by atoms with Gasteiger partial charge in [-0.3, -0.25) is 0 Å². The molecule has 3 fully saturated rings. The van der Waals surface area contributed by atoms with Crippen molar-refractivity contribution in [2.75, 3.05) is 13.7 Å². The molecule has 0 aromatic heterocycles. The first-order valence-electron chi connectivity index (χ1n) is 6.21. The van der Waals surface area contributed by atoms with Crippen molar-refractivity contribution in [1.82, 2.24) is 0 Å². The predicted octanol–water partition coefficient (Wildman–Crippen LogP) is 1.86. The summed E-state index contributed by atoms with van der Waals surface area (Å²) in [7, 11) is 1.81. The maximum absolute atomic E-state index is 6.17. The van der Waals surface area contributed by atoms with Gasteiger partial charge in [0.2, 0.25) is 0 Å². The zero-order chi connectivity index (χ0) is 9.99. The van der Waals surface area contributed by atoms with Crippen LogP contribution in [0.2, 0.25) is 0 Å². The second kappa shape index (κ2) is 2.86. The Labute approximate surface area is 90.6 Å². The van der Waals surface area contributed by atoms with E-state index in [4.69, 9.17) is 9.47 Å². The lowest BCUT2D eigenvalue weighted by atomic mass is 9.70. The summed E-state index contributed by atoms with van der Waals surface area (Å²) in [6, 6.07) is 0. The fraction of sp³-hybridized carbons (Fsp3) is 0.846. The highest BCUT2D eigenvalue weighted by Gasteiger charge is 2.62. The molecule has 0 amide bonds. The number of rotatable bonds is 2. The van der Waals surface area contributed by atoms with E-state index in [1.54, 1.807) is 0 Å². The maximum atomic E-state index is 6.17. The van der Waals surface area contributed by atoms with Crippen LogP contribution in [0.25, 0.3) is 0 Å². The number of allylic oxidation sites excluding steroid dienone is 2. The van der Waals surface area contributed by atoms with Gasteiger partial charge in [0, 0.05) is 13.0 Å². The highest BCUT2D eigenvalue weighted by molar-refractivity contribution is 5.21. The molecule has 7 atom stereocenters. The van der Waals surface area contributed by atoms with Crippen LogP contribution < -0.4 is 0 Å². The Morgan fingerprint density at radius 3 is 2.80 bits per heavy atom. The second-order valence-corrected chi connectivity index (χ2v) is 5.69. The van der Waals surface area contributed by atoms with E-state index in [1.165, 1.54) is 12.8 Å². The van der Waals surface area contributed by atoms with Crippen LogP contribution in [0.3, 0.4) is 0 Å². The van der Waals surface area contributed by atoms with Crippen LogP contribution in [0.4, 0.5) is 0 Å². The molecule has 0 spiro atoms. The Morgan fingerprint density at radius 1 is 1.20 bits per heavy atom. The van der Waals surface area contributed by atoms with Gasteiger partial charge in [-0.05, 0) is 36.5 Å². The van der Waals surface area contributed by atoms with Gasteiger partial charge in [-0.15, -0.1) is 0 Å². The van der Waals surface area contributed by atoms with Crippen molar-refractivity contribution in [3.8, 4) is 0 Å². The Morgan fingerprint density at radius 2 is 2.00 bits per heavy atom. The summed E-state index contributed by atoms with van der Waals surface area (Å²) >= 11 is 0. The highest BCUT2D eigenvalue weighted by Crippen LogP contribution is 2.61. The molecule has 2 nitrogen and oxygen atoms in total. The lowest BCUT2D eigenvalue weighted by Crippen LogP contribution is -2.37. The lowest BCUT2D eigenvalue weighted by molar-refractivity contribution is 0.0418. The highest BCUT2D eigenvalue weighted by atomic mass is 16.5. The molecule has 4 rings (SSSR count). The molecule has 2 saturated heterocycles. The second-order valence-electron chi connectivity index (χ2n) is 5.69. The normalized spacial score (nSPS) is 59.1. The summed E-state index contributed by atoms with van der Waals surface area (Å²) in [5.74, 6) is 4.04. The molecule has 0 aromatic rings. The fourth-order valence-electron chi connectivity index (χ4n) is 4.72. The summed E-state index contributed by atoms with van der Waals surface area (Å²) in [5.41, 5.74) is 0. The van der Waals surface area contributed by atoms with E-state index in [2.05, 4.69) is 12.2 Å². The minimum atomic E-state index is 0.514. The van der Waals surface area contributed by atoms with Crippen LogP contribution in [0.15, 0.2) is 12.2 Å². The number of ether oxygens (including phenoxy) is 2. The summed E-state index contributed by atoms with van der Waals surface area (Å²) in [6.45, 7) is 0.894. The third-order valence-corrected chi connectivity index (χ3v) is 5.10. The van der Waals surface area contributed by atoms with Crippen molar-refractivity contribution in [3.63, 3.8) is 0 Å². The molecule has 0 N–H and O–H groups in total. The standard InChI is InChI=1S/C13H18O2/c1-14-6-9-5-10-11-7-2-3-8(4-7)12(11)13(9)15-10/h2-3,7-13H,4-6H2,1H3. The van der Waals surface area contributed by atoms with Crippen LogP contribution in [-0.4, -0.2) is 25.9 Å². The molecule has 2 heterocycles. The number of hydrogen-bond donors (Lipinski definition) is 0. The van der Waals surface area contributed by atoms with Crippen LogP contribution in [0, 0.1) is 29.6 Å². The van der Waals surface area contributed by atoms with Crippen molar-refractivity contribution in [3.05, 3.63) is 12.2 Å². The molecule has 15 heavy (non-hydrogen) atoms. The van der Waals surface area contributed by atoms with Gasteiger partial charge in [0.1, 0.15) is 0 Å². The molecular formula is C13H18O2. The molecule has 4 bridgehead atoms. The van der Waals surface area contributed by atoms with Crippen molar-refractivity contribution < 1.29 is 9.47 Å². The molecule has 2 aliphatic carbocycles. The average molecular weight is 206 g/mol. The molecule has 0 aromatic carbocycles. The largest absolute Gasteiger partial charge is 0.384 e. The maximum Gasteiger partial charge on any atom is 0.0667 e. The summed E-state index contributed by atoms with van der Waals surface area (Å²) in [6.07, 6.45) is 8.61. The average Bonchev–Trinajstić information content (AvgIpc) is 2.95. The monoisotopic (exact) mass is 206 g/mol. The number of hydrogen-bond acceptors (Lipinski definition) is 2. The lowest BCUT2D eigenvalue weighted by Gasteiger charge is -2.33. The topological polar surface area (TPSA) is 18.5 Å². The first kappa shape index (κ1) is 8.77. The summed E-state index contributed by atoms with van der Waals surface area (Å²) in [5, 5.41) is 0. The molecule has 0 radical (unpaired) electrons. The SMILES string of the molecule is COCC1CC2OC1C1C3C=CC(C3)C21. The Kier molecular flexibility index (Phi) is 1.67. The zero-order valence-corrected chi connectivity index (χ0v) is 9.13. The Hall–Kier alpha value is -0.340. The molecular weight excluding hydrogens is 188 g/mol. The fourth-order valence-corrected chi connectivity index (χ4v) is 4.72. The third kappa shape index (κ3) is 0.974. The molecule has 4 aliphatic rings. The van der Waals surface area contributed by atoms with E-state index in [-0.39, 0.29) is 0 Å². The third-order valence-electron chi connectivity index (χ3n) is 5.10. The van der Waals surface area contributed by atoms with Crippen LogP contribution >= 0.6 is 0 Å². The van der Waals surface area contributed by atoms with Gasteiger partial charge in [-0.2, -0.15) is 0 Å². The van der Waals surface area contributed by atoms with Crippen LogP contribution in [0.5, 0.6) is 0 Å². The minimum absolute atomic E-state index is 0.514. The van der Waals surface area contributed by atoms with E-state index in [1.807, 2.05) is 7.11 Å². The van der Waals surface area contributed by atoms with Crippen molar-refractivity contribution >= 4 is 0 Å². The zero-order valence-electron chi connectivity index (χ0n) is 9.13. The van der Waals surface area contributed by atoms with Crippen molar-refractivity contribution in [2.24, 2.45) is 29.6 Å². The molecule has 7 unspecified atom stereocenters.